The number of hydrazone groups is 1. The van der Waals surface area contributed by atoms with Gasteiger partial charge in [-0.2, -0.15) is 5.10 Å². The molecular weight excluding hydrogens is 456 g/mol. The molecule has 6 heteroatoms. The average Bonchev–Trinajstić information content (AvgIpc) is 2.79. The lowest BCUT2D eigenvalue weighted by Crippen LogP contribution is -2.17. The molecule has 4 aromatic carbocycles. The highest BCUT2D eigenvalue weighted by Gasteiger charge is 2.14. The Morgan fingerprint density at radius 3 is 2.48 bits per heavy atom. The van der Waals surface area contributed by atoms with Crippen molar-refractivity contribution in [2.24, 2.45) is 5.10 Å². The number of nitrogens with zero attached hydrogens (tertiary/aromatic N) is 1. The number of halogens is 1. The van der Waals surface area contributed by atoms with E-state index in [1.807, 2.05) is 42.5 Å². The summed E-state index contributed by atoms with van der Waals surface area (Å²) in [5, 5.41) is 5.79. The van der Waals surface area contributed by atoms with Crippen LogP contribution < -0.4 is 10.2 Å². The van der Waals surface area contributed by atoms with Gasteiger partial charge in [0.2, 0.25) is 0 Å². The minimum Gasteiger partial charge on any atom is -0.422 e. The van der Waals surface area contributed by atoms with Gasteiger partial charge in [0, 0.05) is 15.6 Å². The van der Waals surface area contributed by atoms with Gasteiger partial charge in [-0.25, -0.2) is 10.2 Å². The Labute approximate surface area is 187 Å². The fraction of sp³-hybridized carbons (Fsp3) is 0. The minimum absolute atomic E-state index is 0.345. The van der Waals surface area contributed by atoms with E-state index >= 15 is 0 Å². The van der Waals surface area contributed by atoms with Crippen LogP contribution in [0.1, 0.15) is 26.3 Å². The first-order valence-electron chi connectivity index (χ1n) is 9.50. The molecule has 0 aromatic heterocycles. The van der Waals surface area contributed by atoms with Crippen LogP contribution in [0.4, 0.5) is 0 Å². The van der Waals surface area contributed by atoms with Crippen LogP contribution in [0.5, 0.6) is 5.75 Å². The van der Waals surface area contributed by atoms with E-state index in [0.29, 0.717) is 22.4 Å². The quantitative estimate of drug-likeness (QED) is 0.178. The Kier molecular flexibility index (Phi) is 6.19. The largest absolute Gasteiger partial charge is 0.422 e. The number of benzene rings is 4. The number of ether oxygens (including phenoxy) is 1. The predicted octanol–water partition coefficient (Wildman–Crippen LogP) is 5.59. The summed E-state index contributed by atoms with van der Waals surface area (Å²) in [4.78, 5) is 25.1. The molecule has 0 radical (unpaired) electrons. The second-order valence-corrected chi connectivity index (χ2v) is 7.58. The van der Waals surface area contributed by atoms with Gasteiger partial charge in [-0.1, -0.05) is 70.5 Å². The van der Waals surface area contributed by atoms with E-state index < -0.39 is 5.97 Å². The summed E-state index contributed by atoms with van der Waals surface area (Å²) in [6, 6.07) is 27.1. The number of carbonyl (C=O) groups is 2. The van der Waals surface area contributed by atoms with Crippen molar-refractivity contribution in [3.63, 3.8) is 0 Å². The van der Waals surface area contributed by atoms with Crippen LogP contribution in [0.25, 0.3) is 10.8 Å². The molecule has 1 N–H and O–H groups in total. The maximum Gasteiger partial charge on any atom is 0.344 e. The summed E-state index contributed by atoms with van der Waals surface area (Å²) in [5.41, 5.74) is 3.99. The fourth-order valence-corrected chi connectivity index (χ4v) is 3.49. The molecule has 0 atom stereocenters. The topological polar surface area (TPSA) is 67.8 Å². The Bertz CT molecular complexity index is 1300. The lowest BCUT2D eigenvalue weighted by atomic mass is 10.0. The van der Waals surface area contributed by atoms with E-state index in [2.05, 4.69) is 26.5 Å². The van der Waals surface area contributed by atoms with Gasteiger partial charge in [-0.3, -0.25) is 4.79 Å². The molecule has 5 nitrogen and oxygen atoms in total. The second-order valence-electron chi connectivity index (χ2n) is 6.66. The zero-order chi connectivity index (χ0) is 21.6. The molecule has 0 bridgehead atoms. The third-order valence-electron chi connectivity index (χ3n) is 4.59. The van der Waals surface area contributed by atoms with E-state index in [1.54, 1.807) is 48.5 Å². The standard InChI is InChI=1S/C25H17BrN2O3/c26-20-11-5-10-18(15-20)24(29)28-27-16-19-8-2-4-14-23(19)31-25(30)22-13-6-9-17-7-1-3-12-21(17)22/h1-16H,(H,28,29)/b27-16-. The van der Waals surface area contributed by atoms with Gasteiger partial charge in [0.15, 0.2) is 0 Å². The molecule has 0 aliphatic carbocycles. The maximum atomic E-state index is 12.8. The number of nitrogens with one attached hydrogen (secondary N) is 1. The van der Waals surface area contributed by atoms with Crippen LogP contribution in [0.3, 0.4) is 0 Å². The number of amides is 1. The highest BCUT2D eigenvalue weighted by Crippen LogP contribution is 2.22. The summed E-state index contributed by atoms with van der Waals surface area (Å²) in [6.45, 7) is 0. The first kappa shape index (κ1) is 20.5. The second kappa shape index (κ2) is 9.36. The van der Waals surface area contributed by atoms with Gasteiger partial charge < -0.3 is 4.74 Å². The molecule has 0 saturated carbocycles. The highest BCUT2D eigenvalue weighted by atomic mass is 79.9. The van der Waals surface area contributed by atoms with Crippen molar-refractivity contribution in [2.45, 2.75) is 0 Å². The van der Waals surface area contributed by atoms with Crippen molar-refractivity contribution < 1.29 is 14.3 Å². The van der Waals surface area contributed by atoms with Crippen molar-refractivity contribution in [3.05, 3.63) is 112 Å². The number of hydrogen-bond donors (Lipinski definition) is 1. The molecule has 0 saturated heterocycles. The van der Waals surface area contributed by atoms with Gasteiger partial charge in [-0.05, 0) is 47.2 Å². The van der Waals surface area contributed by atoms with Crippen LogP contribution in [0.2, 0.25) is 0 Å². The Morgan fingerprint density at radius 1 is 0.871 bits per heavy atom. The van der Waals surface area contributed by atoms with Gasteiger partial charge >= 0.3 is 5.97 Å². The summed E-state index contributed by atoms with van der Waals surface area (Å²) in [7, 11) is 0. The van der Waals surface area contributed by atoms with E-state index in [0.717, 1.165) is 15.2 Å². The number of carbonyl (C=O) groups excluding carboxylic acids is 2. The molecule has 31 heavy (non-hydrogen) atoms. The zero-order valence-corrected chi connectivity index (χ0v) is 17.9. The van der Waals surface area contributed by atoms with Crippen molar-refractivity contribution in [1.29, 1.82) is 0 Å². The van der Waals surface area contributed by atoms with Gasteiger partial charge in [0.25, 0.3) is 5.91 Å². The zero-order valence-electron chi connectivity index (χ0n) is 16.3. The number of fused-ring (bicyclic) bond motifs is 1. The summed E-state index contributed by atoms with van der Waals surface area (Å²) in [6.07, 6.45) is 1.45. The van der Waals surface area contributed by atoms with Crippen molar-refractivity contribution >= 4 is 44.8 Å². The lowest BCUT2D eigenvalue weighted by Gasteiger charge is -2.09. The number of esters is 1. The summed E-state index contributed by atoms with van der Waals surface area (Å²) < 4.78 is 6.45. The highest BCUT2D eigenvalue weighted by molar-refractivity contribution is 9.10. The Morgan fingerprint density at radius 2 is 1.61 bits per heavy atom. The van der Waals surface area contributed by atoms with Crippen molar-refractivity contribution in [3.8, 4) is 5.75 Å². The van der Waals surface area contributed by atoms with Crippen LogP contribution in [-0.2, 0) is 0 Å². The van der Waals surface area contributed by atoms with Crippen LogP contribution >= 0.6 is 15.9 Å². The van der Waals surface area contributed by atoms with Gasteiger partial charge in [0.05, 0.1) is 11.8 Å². The van der Waals surface area contributed by atoms with Crippen LogP contribution in [0.15, 0.2) is 101 Å². The molecule has 0 unspecified atom stereocenters. The van der Waals surface area contributed by atoms with E-state index in [9.17, 15) is 9.59 Å². The van der Waals surface area contributed by atoms with Crippen molar-refractivity contribution in [1.82, 2.24) is 5.43 Å². The number of para-hydroxylation sites is 1. The first-order chi connectivity index (χ1) is 15.1. The number of hydrogen-bond acceptors (Lipinski definition) is 4. The maximum absolute atomic E-state index is 12.8. The van der Waals surface area contributed by atoms with Gasteiger partial charge in [0.1, 0.15) is 5.75 Å². The Hall–Kier alpha value is -3.77. The molecule has 0 aliphatic rings. The van der Waals surface area contributed by atoms with Crippen molar-refractivity contribution in [2.75, 3.05) is 0 Å². The SMILES string of the molecule is O=C(N/N=C\c1ccccc1OC(=O)c1cccc2ccccc12)c1cccc(Br)c1. The molecule has 0 fully saturated rings. The summed E-state index contributed by atoms with van der Waals surface area (Å²) in [5.74, 6) is -0.459. The molecule has 0 heterocycles. The Balaban J connectivity index is 1.51. The van der Waals surface area contributed by atoms with Crippen LogP contribution in [-0.4, -0.2) is 18.1 Å². The average molecular weight is 473 g/mol. The first-order valence-corrected chi connectivity index (χ1v) is 10.3. The molecule has 4 aromatic rings. The monoisotopic (exact) mass is 472 g/mol. The van der Waals surface area contributed by atoms with E-state index in [-0.39, 0.29) is 5.91 Å². The van der Waals surface area contributed by atoms with E-state index in [4.69, 9.17) is 4.74 Å². The summed E-state index contributed by atoms with van der Waals surface area (Å²) >= 11 is 3.34. The smallest absolute Gasteiger partial charge is 0.344 e. The molecular formula is C25H17BrN2O3. The number of rotatable bonds is 5. The third kappa shape index (κ3) is 4.87. The third-order valence-corrected chi connectivity index (χ3v) is 5.08. The minimum atomic E-state index is -0.462. The van der Waals surface area contributed by atoms with E-state index in [1.165, 1.54) is 6.21 Å². The lowest BCUT2D eigenvalue weighted by molar-refractivity contribution is 0.0736. The molecule has 0 aliphatic heterocycles. The van der Waals surface area contributed by atoms with Crippen LogP contribution in [0, 0.1) is 0 Å². The fourth-order valence-electron chi connectivity index (χ4n) is 3.09. The molecule has 152 valence electrons. The molecule has 0 spiro atoms. The molecule has 1 amide bonds. The molecule has 4 rings (SSSR count). The van der Waals surface area contributed by atoms with Gasteiger partial charge in [-0.15, -0.1) is 0 Å². The normalized spacial score (nSPS) is 10.9. The predicted molar refractivity (Wildman–Crippen MR) is 125 cm³/mol.